The van der Waals surface area contributed by atoms with E-state index >= 15 is 0 Å². The Bertz CT molecular complexity index is 630. The van der Waals surface area contributed by atoms with Crippen molar-refractivity contribution in [2.24, 2.45) is 0 Å². The minimum absolute atomic E-state index is 0.0117. The number of hydrogen-bond donors (Lipinski definition) is 1. The standard InChI is InChI=1S/C10H17N2O7P3/c1-16-20-18-22(15,19-21-17-2)8-4-3-6-12-7-5-9(13)11-10(12)14/h3-5,7,20-21H,6,8H2,1-2H3,(H,11,13,14)/b4-3+. The molecule has 0 saturated carbocycles. The minimum Gasteiger partial charge on any atom is -0.339 e. The van der Waals surface area contributed by atoms with Crippen LogP contribution in [0, 0.1) is 0 Å². The van der Waals surface area contributed by atoms with E-state index in [0.717, 1.165) is 0 Å². The summed E-state index contributed by atoms with van der Waals surface area (Å²) in [7, 11) is -1.34. The molecule has 0 radical (unpaired) electrons. The molecule has 0 amide bonds. The number of hydrogen-bond acceptors (Lipinski definition) is 7. The number of nitrogens with one attached hydrogen (secondary N) is 1. The maximum Gasteiger partial charge on any atom is 0.344 e. The lowest BCUT2D eigenvalue weighted by atomic mass is 10.5. The molecule has 0 aliphatic heterocycles. The first kappa shape index (κ1) is 19.4. The predicted molar refractivity (Wildman–Crippen MR) is 85.8 cm³/mol. The Balaban J connectivity index is 2.61. The Labute approximate surface area is 130 Å². The van der Waals surface area contributed by atoms with Crippen LogP contribution in [0.1, 0.15) is 0 Å². The zero-order valence-corrected chi connectivity index (χ0v) is 14.9. The van der Waals surface area contributed by atoms with E-state index in [-0.39, 0.29) is 12.7 Å². The third-order valence-corrected chi connectivity index (χ3v) is 6.03. The Kier molecular flexibility index (Phi) is 8.98. The first-order valence-corrected chi connectivity index (χ1v) is 9.34. The van der Waals surface area contributed by atoms with Gasteiger partial charge in [-0.2, -0.15) is 0 Å². The minimum atomic E-state index is -3.35. The predicted octanol–water partition coefficient (Wildman–Crippen LogP) is 1.63. The van der Waals surface area contributed by atoms with E-state index in [1.54, 1.807) is 12.2 Å². The molecule has 2 unspecified atom stereocenters. The van der Waals surface area contributed by atoms with Crippen molar-refractivity contribution in [2.75, 3.05) is 20.4 Å². The quantitative estimate of drug-likeness (QED) is 0.492. The molecule has 22 heavy (non-hydrogen) atoms. The van der Waals surface area contributed by atoms with Gasteiger partial charge >= 0.3 is 13.3 Å². The highest BCUT2D eigenvalue weighted by Crippen LogP contribution is 2.57. The van der Waals surface area contributed by atoms with Gasteiger partial charge in [-0.15, -0.1) is 0 Å². The first-order valence-electron chi connectivity index (χ1n) is 5.98. The van der Waals surface area contributed by atoms with Crippen LogP contribution in [0.5, 0.6) is 0 Å². The molecule has 0 saturated heterocycles. The molecule has 1 rings (SSSR count). The summed E-state index contributed by atoms with van der Waals surface area (Å²) < 4.78 is 33.2. The van der Waals surface area contributed by atoms with Crippen LogP contribution < -0.4 is 11.2 Å². The molecular weight excluding hydrogens is 353 g/mol. The zero-order chi connectivity index (χ0) is 16.4. The zero-order valence-electron chi connectivity index (χ0n) is 12.0. The molecule has 0 aromatic carbocycles. The van der Waals surface area contributed by atoms with Crippen molar-refractivity contribution in [3.05, 3.63) is 45.3 Å². The fourth-order valence-electron chi connectivity index (χ4n) is 1.26. The summed E-state index contributed by atoms with van der Waals surface area (Å²) in [6, 6.07) is 1.24. The molecule has 124 valence electrons. The lowest BCUT2D eigenvalue weighted by Gasteiger charge is -2.14. The van der Waals surface area contributed by atoms with Crippen LogP contribution in [0.4, 0.5) is 0 Å². The molecule has 0 bridgehead atoms. The second-order valence-corrected chi connectivity index (χ2v) is 7.98. The topological polar surface area (TPSA) is 109 Å². The van der Waals surface area contributed by atoms with Crippen molar-refractivity contribution in [1.82, 2.24) is 9.55 Å². The molecule has 1 aromatic rings. The summed E-state index contributed by atoms with van der Waals surface area (Å²) in [6.45, 7) is 0.217. The van der Waals surface area contributed by atoms with E-state index in [1.165, 1.54) is 31.0 Å². The van der Waals surface area contributed by atoms with Gasteiger partial charge in [0.2, 0.25) is 0 Å². The van der Waals surface area contributed by atoms with Gasteiger partial charge in [0.05, 0.1) is 6.16 Å². The average molecular weight is 370 g/mol. The monoisotopic (exact) mass is 370 g/mol. The number of nitrogens with zero attached hydrogens (tertiary/aromatic N) is 1. The highest BCUT2D eigenvalue weighted by Gasteiger charge is 2.23. The van der Waals surface area contributed by atoms with Crippen LogP contribution in [0.15, 0.2) is 34.0 Å². The first-order chi connectivity index (χ1) is 10.5. The molecule has 1 N–H and O–H groups in total. The normalized spacial score (nSPS) is 15.4. The van der Waals surface area contributed by atoms with E-state index in [1.807, 2.05) is 0 Å². The van der Waals surface area contributed by atoms with Crippen molar-refractivity contribution >= 4 is 25.7 Å². The number of rotatable bonds is 10. The summed E-state index contributed by atoms with van der Waals surface area (Å²) >= 11 is 0. The number of aromatic amines is 1. The van der Waals surface area contributed by atoms with Crippen molar-refractivity contribution in [2.45, 2.75) is 6.54 Å². The van der Waals surface area contributed by atoms with Gasteiger partial charge in [0.1, 0.15) is 0 Å². The van der Waals surface area contributed by atoms with E-state index < -0.39 is 36.9 Å². The largest absolute Gasteiger partial charge is 0.344 e. The molecule has 9 nitrogen and oxygen atoms in total. The number of H-pyrrole nitrogens is 1. The molecule has 0 fully saturated rings. The van der Waals surface area contributed by atoms with Gasteiger partial charge < -0.3 is 9.05 Å². The number of allylic oxidation sites excluding steroid dienone is 2. The van der Waals surface area contributed by atoms with Gasteiger partial charge in [-0.05, 0) is 0 Å². The van der Waals surface area contributed by atoms with Crippen molar-refractivity contribution in [3.63, 3.8) is 0 Å². The Morgan fingerprint density at radius 1 is 1.23 bits per heavy atom. The summed E-state index contributed by atoms with van der Waals surface area (Å²) in [5.74, 6) is 0. The van der Waals surface area contributed by atoms with E-state index in [2.05, 4.69) is 4.98 Å². The fraction of sp³-hybridized carbons (Fsp3) is 0.400. The average Bonchev–Trinajstić information content (AvgIpc) is 2.49. The molecule has 0 aliphatic carbocycles. The van der Waals surface area contributed by atoms with E-state index in [9.17, 15) is 14.2 Å². The molecule has 12 heteroatoms. The van der Waals surface area contributed by atoms with Crippen LogP contribution >= 0.6 is 25.7 Å². The summed E-state index contributed by atoms with van der Waals surface area (Å²) in [6.07, 6.45) is 4.57. The molecule has 1 heterocycles. The lowest BCUT2D eigenvalue weighted by Crippen LogP contribution is -2.28. The van der Waals surface area contributed by atoms with Crippen LogP contribution in [-0.2, 0) is 28.8 Å². The van der Waals surface area contributed by atoms with Gasteiger partial charge in [0.25, 0.3) is 5.56 Å². The maximum absolute atomic E-state index is 12.3. The van der Waals surface area contributed by atoms with Crippen LogP contribution in [0.2, 0.25) is 0 Å². The van der Waals surface area contributed by atoms with E-state index in [4.69, 9.17) is 17.7 Å². The Morgan fingerprint density at radius 3 is 2.41 bits per heavy atom. The second-order valence-electron chi connectivity index (χ2n) is 3.78. The highest BCUT2D eigenvalue weighted by atomic mass is 31.3. The van der Waals surface area contributed by atoms with Crippen molar-refractivity contribution in [3.8, 4) is 0 Å². The SMILES string of the molecule is COPOP(=O)(C/C=C/Cn1ccc(=O)[nH]c1=O)OPOC. The smallest absolute Gasteiger partial charge is 0.339 e. The van der Waals surface area contributed by atoms with Crippen molar-refractivity contribution < 1.29 is 22.2 Å². The molecule has 2 atom stereocenters. The second kappa shape index (κ2) is 10.2. The fourth-order valence-corrected chi connectivity index (χ4v) is 4.25. The molecule has 0 aliphatic rings. The maximum atomic E-state index is 12.3. The van der Waals surface area contributed by atoms with Crippen LogP contribution in [0.3, 0.4) is 0 Å². The lowest BCUT2D eigenvalue weighted by molar-refractivity contribution is 0.355. The van der Waals surface area contributed by atoms with Gasteiger partial charge in [-0.25, -0.2) is 4.79 Å². The van der Waals surface area contributed by atoms with E-state index in [0.29, 0.717) is 0 Å². The Hall–Kier alpha value is -0.650. The number of aromatic nitrogens is 2. The van der Waals surface area contributed by atoms with Crippen LogP contribution in [0.25, 0.3) is 0 Å². The molecular formula is C10H17N2O7P3. The third kappa shape index (κ3) is 7.07. The third-order valence-electron chi connectivity index (χ3n) is 2.21. The summed E-state index contributed by atoms with van der Waals surface area (Å²) in [5, 5.41) is 0. The molecule has 0 spiro atoms. The van der Waals surface area contributed by atoms with Gasteiger partial charge in [-0.1, -0.05) is 12.2 Å². The van der Waals surface area contributed by atoms with Gasteiger partial charge in [0.15, 0.2) is 18.1 Å². The Morgan fingerprint density at radius 2 is 1.86 bits per heavy atom. The van der Waals surface area contributed by atoms with Crippen LogP contribution in [-0.4, -0.2) is 29.9 Å². The van der Waals surface area contributed by atoms with Gasteiger partial charge in [-0.3, -0.25) is 27.5 Å². The van der Waals surface area contributed by atoms with Gasteiger partial charge in [0, 0.05) is 33.0 Å². The highest BCUT2D eigenvalue weighted by molar-refractivity contribution is 7.63. The summed E-state index contributed by atoms with van der Waals surface area (Å²) in [4.78, 5) is 24.5. The molecule has 1 aromatic heterocycles. The van der Waals surface area contributed by atoms with Crippen molar-refractivity contribution in [1.29, 1.82) is 0 Å². The summed E-state index contributed by atoms with van der Waals surface area (Å²) in [5.41, 5.74) is -0.979.